The molecule has 1 heterocycles. The molecule has 1 aromatic rings. The van der Waals surface area contributed by atoms with Crippen molar-refractivity contribution in [3.8, 4) is 0 Å². The Labute approximate surface area is 109 Å². The molecule has 104 valence electrons. The quantitative estimate of drug-likeness (QED) is 0.505. The maximum absolute atomic E-state index is 11.7. The highest BCUT2D eigenvalue weighted by atomic mass is 16.6. The van der Waals surface area contributed by atoms with E-state index in [1.54, 1.807) is 0 Å². The molecule has 1 atom stereocenters. The Morgan fingerprint density at radius 3 is 2.74 bits per heavy atom. The molecule has 1 unspecified atom stereocenters. The number of nitro groups is 1. The Morgan fingerprint density at radius 2 is 2.26 bits per heavy atom. The van der Waals surface area contributed by atoms with Crippen molar-refractivity contribution in [3.05, 3.63) is 28.1 Å². The first-order valence-electron chi connectivity index (χ1n) is 5.76. The molecule has 0 bridgehead atoms. The van der Waals surface area contributed by atoms with E-state index in [1.165, 1.54) is 0 Å². The van der Waals surface area contributed by atoms with Crippen LogP contribution < -0.4 is 5.32 Å². The topological polar surface area (TPSA) is 125 Å². The van der Waals surface area contributed by atoms with Gasteiger partial charge in [-0.1, -0.05) is 13.3 Å². The Kier molecular flexibility index (Phi) is 5.04. The monoisotopic (exact) mass is 269 g/mol. The number of rotatable bonds is 7. The highest BCUT2D eigenvalue weighted by Crippen LogP contribution is 2.12. The zero-order chi connectivity index (χ0) is 14.4. The molecule has 0 aliphatic carbocycles. The van der Waals surface area contributed by atoms with Crippen LogP contribution in [0.3, 0.4) is 0 Å². The average molecular weight is 269 g/mol. The molecule has 1 amide bonds. The van der Waals surface area contributed by atoms with Crippen LogP contribution in [-0.4, -0.2) is 33.4 Å². The number of carbonyl (C=O) groups is 2. The molecule has 1 rings (SSSR count). The van der Waals surface area contributed by atoms with Gasteiger partial charge in [-0.25, -0.2) is 0 Å². The van der Waals surface area contributed by atoms with Crippen LogP contribution in [0, 0.1) is 16.0 Å². The van der Waals surface area contributed by atoms with Crippen molar-refractivity contribution in [1.82, 2.24) is 10.3 Å². The summed E-state index contributed by atoms with van der Waals surface area (Å²) in [5.74, 6) is -1.57. The summed E-state index contributed by atoms with van der Waals surface area (Å²) in [6.45, 7) is 2.05. The van der Waals surface area contributed by atoms with Crippen LogP contribution in [0.4, 0.5) is 5.69 Å². The molecule has 19 heavy (non-hydrogen) atoms. The van der Waals surface area contributed by atoms with Gasteiger partial charge < -0.3 is 15.4 Å². The highest BCUT2D eigenvalue weighted by Gasteiger charge is 2.16. The number of hydrogen-bond donors (Lipinski definition) is 3. The van der Waals surface area contributed by atoms with Gasteiger partial charge in [0.05, 0.1) is 11.1 Å². The van der Waals surface area contributed by atoms with Crippen molar-refractivity contribution >= 4 is 17.6 Å². The Bertz CT molecular complexity index is 482. The maximum atomic E-state index is 11.7. The zero-order valence-electron chi connectivity index (χ0n) is 10.4. The summed E-state index contributed by atoms with van der Waals surface area (Å²) in [7, 11) is 0. The second kappa shape index (κ2) is 6.53. The van der Waals surface area contributed by atoms with Gasteiger partial charge in [-0.2, -0.15) is 0 Å². The number of carboxylic acid groups (broad SMARTS) is 1. The second-order valence-corrected chi connectivity index (χ2v) is 4.11. The van der Waals surface area contributed by atoms with E-state index in [1.807, 2.05) is 6.92 Å². The minimum atomic E-state index is -0.920. The van der Waals surface area contributed by atoms with Crippen molar-refractivity contribution in [2.45, 2.75) is 19.8 Å². The fraction of sp³-hybridized carbons (Fsp3) is 0.455. The standard InChI is InChI=1S/C11H15N3O5/c1-2-7(3-10(15)16)5-13-11(17)9-4-8(6-12-9)14(18)19/h4,6-7,12H,2-3,5H2,1H3,(H,13,17)(H,15,16). The second-order valence-electron chi connectivity index (χ2n) is 4.11. The molecular weight excluding hydrogens is 254 g/mol. The van der Waals surface area contributed by atoms with Gasteiger partial charge in [-0.15, -0.1) is 0 Å². The number of amides is 1. The number of nitrogens with zero attached hydrogens (tertiary/aromatic N) is 1. The Morgan fingerprint density at radius 1 is 1.58 bits per heavy atom. The normalized spacial score (nSPS) is 11.8. The SMILES string of the molecule is CCC(CNC(=O)c1cc([N+](=O)[O-])c[nH]1)CC(=O)O. The predicted octanol–water partition coefficient (Wildman–Crippen LogP) is 1.15. The number of aromatic nitrogens is 1. The van der Waals surface area contributed by atoms with Crippen molar-refractivity contribution in [2.24, 2.45) is 5.92 Å². The van der Waals surface area contributed by atoms with Gasteiger partial charge in [0.25, 0.3) is 11.6 Å². The van der Waals surface area contributed by atoms with Crippen LogP contribution in [0.1, 0.15) is 30.3 Å². The van der Waals surface area contributed by atoms with E-state index in [9.17, 15) is 19.7 Å². The van der Waals surface area contributed by atoms with Crippen LogP contribution in [0.15, 0.2) is 12.3 Å². The molecule has 0 saturated heterocycles. The van der Waals surface area contributed by atoms with Gasteiger partial charge in [-0.05, 0) is 5.92 Å². The van der Waals surface area contributed by atoms with Gasteiger partial charge in [-0.3, -0.25) is 19.7 Å². The summed E-state index contributed by atoms with van der Waals surface area (Å²) in [6.07, 6.45) is 1.72. The molecule has 8 heteroatoms. The molecule has 1 aromatic heterocycles. The van der Waals surface area contributed by atoms with Crippen molar-refractivity contribution in [2.75, 3.05) is 6.54 Å². The molecule has 8 nitrogen and oxygen atoms in total. The minimum Gasteiger partial charge on any atom is -0.481 e. The van der Waals surface area contributed by atoms with E-state index >= 15 is 0 Å². The van der Waals surface area contributed by atoms with Crippen LogP contribution in [0.5, 0.6) is 0 Å². The Hall–Kier alpha value is -2.38. The van der Waals surface area contributed by atoms with Gasteiger partial charge >= 0.3 is 5.97 Å². The van der Waals surface area contributed by atoms with Crippen LogP contribution >= 0.6 is 0 Å². The third kappa shape index (κ3) is 4.41. The fourth-order valence-electron chi connectivity index (χ4n) is 1.56. The predicted molar refractivity (Wildman–Crippen MR) is 65.8 cm³/mol. The summed E-state index contributed by atoms with van der Waals surface area (Å²) < 4.78 is 0. The summed E-state index contributed by atoms with van der Waals surface area (Å²) in [4.78, 5) is 34.6. The number of aromatic amines is 1. The third-order valence-corrected chi connectivity index (χ3v) is 2.72. The largest absolute Gasteiger partial charge is 0.481 e. The van der Waals surface area contributed by atoms with Gasteiger partial charge in [0.1, 0.15) is 5.69 Å². The van der Waals surface area contributed by atoms with Crippen molar-refractivity contribution in [3.63, 3.8) is 0 Å². The van der Waals surface area contributed by atoms with Gasteiger partial charge in [0.15, 0.2) is 0 Å². The summed E-state index contributed by atoms with van der Waals surface area (Å²) in [5, 5.41) is 21.7. The Balaban J connectivity index is 2.54. The lowest BCUT2D eigenvalue weighted by Gasteiger charge is -2.12. The number of aliphatic carboxylic acids is 1. The first-order valence-corrected chi connectivity index (χ1v) is 5.76. The van der Waals surface area contributed by atoms with Crippen LogP contribution in [-0.2, 0) is 4.79 Å². The highest BCUT2D eigenvalue weighted by molar-refractivity contribution is 5.93. The smallest absolute Gasteiger partial charge is 0.303 e. The average Bonchev–Trinajstić information content (AvgIpc) is 2.83. The van der Waals surface area contributed by atoms with Gasteiger partial charge in [0.2, 0.25) is 0 Å². The molecule has 0 aromatic carbocycles. The number of hydrogen-bond acceptors (Lipinski definition) is 4. The van der Waals surface area contributed by atoms with E-state index in [0.717, 1.165) is 12.3 Å². The maximum Gasteiger partial charge on any atom is 0.303 e. The van der Waals surface area contributed by atoms with Crippen molar-refractivity contribution < 1.29 is 19.6 Å². The fourth-order valence-corrected chi connectivity index (χ4v) is 1.56. The first kappa shape index (κ1) is 14.7. The lowest BCUT2D eigenvalue weighted by molar-refractivity contribution is -0.384. The van der Waals surface area contributed by atoms with E-state index in [-0.39, 0.29) is 30.3 Å². The minimum absolute atomic E-state index is 0.0261. The molecule has 0 radical (unpaired) electrons. The summed E-state index contributed by atoms with van der Waals surface area (Å²) >= 11 is 0. The lowest BCUT2D eigenvalue weighted by atomic mass is 10.0. The molecular formula is C11H15N3O5. The lowest BCUT2D eigenvalue weighted by Crippen LogP contribution is -2.30. The molecule has 0 fully saturated rings. The van der Waals surface area contributed by atoms with E-state index in [2.05, 4.69) is 10.3 Å². The number of H-pyrrole nitrogens is 1. The molecule has 0 spiro atoms. The number of nitrogens with one attached hydrogen (secondary N) is 2. The third-order valence-electron chi connectivity index (χ3n) is 2.72. The van der Waals surface area contributed by atoms with Crippen LogP contribution in [0.25, 0.3) is 0 Å². The molecule has 0 aliphatic heterocycles. The first-order chi connectivity index (χ1) is 8.93. The van der Waals surface area contributed by atoms with E-state index in [4.69, 9.17) is 5.11 Å². The van der Waals surface area contributed by atoms with E-state index in [0.29, 0.717) is 6.42 Å². The molecule has 3 N–H and O–H groups in total. The molecule has 0 aliphatic rings. The van der Waals surface area contributed by atoms with Crippen molar-refractivity contribution in [1.29, 1.82) is 0 Å². The number of carbonyl (C=O) groups excluding carboxylic acids is 1. The zero-order valence-corrected chi connectivity index (χ0v) is 10.4. The summed E-state index contributed by atoms with van der Waals surface area (Å²) in [5.41, 5.74) is -0.111. The van der Waals surface area contributed by atoms with Gasteiger partial charge in [0, 0.05) is 19.0 Å². The molecule has 0 saturated carbocycles. The van der Waals surface area contributed by atoms with E-state index < -0.39 is 16.8 Å². The summed E-state index contributed by atoms with van der Waals surface area (Å²) in [6, 6.07) is 1.13. The number of carboxylic acids is 1. The van der Waals surface area contributed by atoms with Crippen LogP contribution in [0.2, 0.25) is 0 Å².